The predicted molar refractivity (Wildman–Crippen MR) is 99.6 cm³/mol. The van der Waals surface area contributed by atoms with Crippen LogP contribution < -0.4 is 17.0 Å². The molecule has 1 aromatic carbocycles. The van der Waals surface area contributed by atoms with Crippen LogP contribution in [-0.4, -0.2) is 61.4 Å². The van der Waals surface area contributed by atoms with Gasteiger partial charge in [-0.1, -0.05) is 43.2 Å². The molecule has 2 aliphatic rings. The highest BCUT2D eigenvalue weighted by molar-refractivity contribution is 5.81. The molecule has 7 heteroatoms. The maximum Gasteiger partial charge on any atom is 0.361 e. The van der Waals surface area contributed by atoms with E-state index in [1.54, 1.807) is 12.1 Å². The second-order valence-corrected chi connectivity index (χ2v) is 8.19. The summed E-state index contributed by atoms with van der Waals surface area (Å²) < 4.78 is 11.1. The van der Waals surface area contributed by atoms with Gasteiger partial charge < -0.3 is 36.0 Å². The van der Waals surface area contributed by atoms with Gasteiger partial charge in [0, 0.05) is 12.3 Å². The van der Waals surface area contributed by atoms with E-state index in [4.69, 9.17) is 9.47 Å². The maximum absolute atomic E-state index is 13.1. The number of methoxy groups -OCH3 is 1. The summed E-state index contributed by atoms with van der Waals surface area (Å²) >= 11 is 0. The first-order chi connectivity index (χ1) is 12.9. The summed E-state index contributed by atoms with van der Waals surface area (Å²) in [5.41, 5.74) is -1.00. The molecule has 0 amide bonds. The van der Waals surface area contributed by atoms with Crippen molar-refractivity contribution >= 4 is 11.9 Å². The first-order valence-corrected chi connectivity index (χ1v) is 9.77. The van der Waals surface area contributed by atoms with E-state index >= 15 is 0 Å². The average Bonchev–Trinajstić information content (AvgIpc) is 3.32. The van der Waals surface area contributed by atoms with Crippen molar-refractivity contribution < 1.29 is 45.6 Å². The number of benzene rings is 1. The number of likely N-dealkylation sites (tertiary alicyclic amines) is 1. The Bertz CT molecular complexity index is 679. The minimum Gasteiger partial charge on any atom is -1.00 e. The van der Waals surface area contributed by atoms with Crippen molar-refractivity contribution in [2.75, 3.05) is 33.8 Å². The lowest BCUT2D eigenvalue weighted by Crippen LogP contribution is -3.00. The summed E-state index contributed by atoms with van der Waals surface area (Å²) in [7, 11) is 3.34. The number of esters is 2. The van der Waals surface area contributed by atoms with Crippen molar-refractivity contribution in [2.45, 2.75) is 43.8 Å². The quantitative estimate of drug-likeness (QED) is 0.440. The first-order valence-electron chi connectivity index (χ1n) is 9.77. The molecule has 2 fully saturated rings. The minimum absolute atomic E-state index is 0. The second kappa shape index (κ2) is 9.37. The molecule has 1 heterocycles. The fourth-order valence-electron chi connectivity index (χ4n) is 4.54. The van der Waals surface area contributed by atoms with Gasteiger partial charge in [-0.3, -0.25) is 0 Å². The van der Waals surface area contributed by atoms with E-state index in [1.165, 1.54) is 7.11 Å². The summed E-state index contributed by atoms with van der Waals surface area (Å²) in [6, 6.07) is 9.14. The van der Waals surface area contributed by atoms with Crippen LogP contribution in [0.5, 0.6) is 0 Å². The Kier molecular flexibility index (Phi) is 7.65. The topological polar surface area (TPSA) is 72.8 Å². The van der Waals surface area contributed by atoms with Crippen LogP contribution in [0.25, 0.3) is 0 Å². The van der Waals surface area contributed by atoms with Gasteiger partial charge in [-0.25, -0.2) is 9.59 Å². The zero-order valence-corrected chi connectivity index (χ0v) is 18.2. The van der Waals surface area contributed by atoms with Crippen molar-refractivity contribution in [1.29, 1.82) is 0 Å². The monoisotopic (exact) mass is 455 g/mol. The number of halogens is 1. The summed E-state index contributed by atoms with van der Waals surface area (Å²) in [4.78, 5) is 24.8. The van der Waals surface area contributed by atoms with Crippen LogP contribution in [0, 0.1) is 5.92 Å². The highest BCUT2D eigenvalue weighted by Gasteiger charge is 2.49. The Morgan fingerprint density at radius 1 is 1.18 bits per heavy atom. The molecule has 6 nitrogen and oxygen atoms in total. The number of hydrogen-bond donors (Lipinski definition) is 1. The molecule has 0 bridgehead atoms. The van der Waals surface area contributed by atoms with Crippen LogP contribution in [-0.2, 0) is 24.7 Å². The minimum atomic E-state index is -1.61. The molecule has 3 rings (SSSR count). The van der Waals surface area contributed by atoms with Crippen LogP contribution in [0.4, 0.5) is 0 Å². The standard InChI is InChI=1S/C21H30NO5.BrH/c1-22(15-19(23)26-2)13-12-18(14-22)27-20(24)21(25,17-10-6-7-11-17)16-8-4-3-5-9-16;/h3-5,8-9,17-18,25H,6-7,10-15H2,1-2H3;1H/q+1;/p-1/t18-,21?,22-;/m1./s1. The van der Waals surface area contributed by atoms with Crippen molar-refractivity contribution in [3.63, 3.8) is 0 Å². The molecule has 1 N–H and O–H groups in total. The molecule has 1 aromatic rings. The maximum atomic E-state index is 13.1. The van der Waals surface area contributed by atoms with Crippen LogP contribution in [0.3, 0.4) is 0 Å². The molecule has 1 saturated heterocycles. The lowest BCUT2D eigenvalue weighted by molar-refractivity contribution is -0.891. The largest absolute Gasteiger partial charge is 1.00 e. The van der Waals surface area contributed by atoms with Gasteiger partial charge in [-0.05, 0) is 18.4 Å². The third-order valence-electron chi connectivity index (χ3n) is 6.12. The van der Waals surface area contributed by atoms with Gasteiger partial charge in [0.1, 0.15) is 6.54 Å². The van der Waals surface area contributed by atoms with Gasteiger partial charge in [0.2, 0.25) is 0 Å². The van der Waals surface area contributed by atoms with Gasteiger partial charge >= 0.3 is 11.9 Å². The Morgan fingerprint density at radius 2 is 1.82 bits per heavy atom. The van der Waals surface area contributed by atoms with Gasteiger partial charge in [0.25, 0.3) is 0 Å². The number of carbonyl (C=O) groups excluding carboxylic acids is 2. The molecule has 0 radical (unpaired) electrons. The van der Waals surface area contributed by atoms with Crippen LogP contribution in [0.15, 0.2) is 30.3 Å². The second-order valence-electron chi connectivity index (χ2n) is 8.19. The highest BCUT2D eigenvalue weighted by Crippen LogP contribution is 2.42. The van der Waals surface area contributed by atoms with Crippen molar-refractivity contribution in [3.8, 4) is 0 Å². The number of carbonyl (C=O) groups is 2. The lowest BCUT2D eigenvalue weighted by atomic mass is 9.80. The molecule has 1 aliphatic heterocycles. The Labute approximate surface area is 177 Å². The normalized spacial score (nSPS) is 26.9. The number of ether oxygens (including phenoxy) is 2. The molecule has 0 spiro atoms. The Balaban J connectivity index is 0.00000280. The van der Waals surface area contributed by atoms with Crippen molar-refractivity contribution in [3.05, 3.63) is 35.9 Å². The molecular formula is C21H30BrNO5. The fourth-order valence-corrected chi connectivity index (χ4v) is 4.54. The van der Waals surface area contributed by atoms with Crippen molar-refractivity contribution in [1.82, 2.24) is 0 Å². The van der Waals surface area contributed by atoms with Crippen LogP contribution >= 0.6 is 0 Å². The third kappa shape index (κ3) is 4.75. The van der Waals surface area contributed by atoms with E-state index in [9.17, 15) is 14.7 Å². The van der Waals surface area contributed by atoms with E-state index in [1.807, 2.05) is 25.2 Å². The van der Waals surface area contributed by atoms with E-state index in [-0.39, 0.29) is 41.5 Å². The van der Waals surface area contributed by atoms with E-state index in [0.29, 0.717) is 23.0 Å². The molecule has 1 unspecified atom stereocenters. The molecule has 28 heavy (non-hydrogen) atoms. The Hall–Kier alpha value is -1.44. The summed E-state index contributed by atoms with van der Waals surface area (Å²) in [5, 5.41) is 11.5. The summed E-state index contributed by atoms with van der Waals surface area (Å²) in [6.07, 6.45) is 4.05. The predicted octanol–water partition coefficient (Wildman–Crippen LogP) is -0.996. The Morgan fingerprint density at radius 3 is 2.43 bits per heavy atom. The van der Waals surface area contributed by atoms with Crippen LogP contribution in [0.2, 0.25) is 0 Å². The van der Waals surface area contributed by atoms with E-state index < -0.39 is 11.6 Å². The number of likely N-dealkylation sites (N-methyl/N-ethyl adjacent to an activating group) is 1. The van der Waals surface area contributed by atoms with Crippen molar-refractivity contribution in [2.24, 2.45) is 5.92 Å². The van der Waals surface area contributed by atoms with Gasteiger partial charge in [-0.15, -0.1) is 0 Å². The van der Waals surface area contributed by atoms with Crippen LogP contribution in [0.1, 0.15) is 37.7 Å². The molecule has 1 saturated carbocycles. The molecule has 3 atom stereocenters. The summed E-state index contributed by atoms with van der Waals surface area (Å²) in [6.45, 7) is 1.55. The van der Waals surface area contributed by atoms with E-state index in [0.717, 1.165) is 32.2 Å². The van der Waals surface area contributed by atoms with Gasteiger partial charge in [0.15, 0.2) is 18.2 Å². The van der Waals surface area contributed by atoms with Gasteiger partial charge in [0.05, 0.1) is 20.7 Å². The number of aliphatic hydroxyl groups is 1. The summed E-state index contributed by atoms with van der Waals surface area (Å²) in [5.74, 6) is -0.946. The average molecular weight is 456 g/mol. The molecule has 1 aliphatic carbocycles. The fraction of sp³-hybridized carbons (Fsp3) is 0.619. The number of quaternary nitrogens is 1. The number of rotatable bonds is 6. The first kappa shape index (κ1) is 22.8. The SMILES string of the molecule is COC(=O)C[N@+]1(C)CC[C@@H](OC(=O)C(O)(c2ccccc2)C2CCCC2)C1.[Br-]. The third-order valence-corrected chi connectivity index (χ3v) is 6.12. The van der Waals surface area contributed by atoms with Gasteiger partial charge in [-0.2, -0.15) is 0 Å². The zero-order chi connectivity index (χ0) is 19.5. The smallest absolute Gasteiger partial charge is 0.361 e. The lowest BCUT2D eigenvalue weighted by Gasteiger charge is -2.33. The molecule has 156 valence electrons. The van der Waals surface area contributed by atoms with E-state index in [2.05, 4.69) is 0 Å². The number of nitrogens with zero attached hydrogens (tertiary/aromatic N) is 1. The number of hydrogen-bond acceptors (Lipinski definition) is 5. The molecule has 0 aromatic heterocycles. The molecular weight excluding hydrogens is 426 g/mol. The highest BCUT2D eigenvalue weighted by atomic mass is 79.9. The zero-order valence-electron chi connectivity index (χ0n) is 16.6.